The van der Waals surface area contributed by atoms with Crippen molar-refractivity contribution in [3.8, 4) is 5.75 Å². The van der Waals surface area contributed by atoms with Crippen molar-refractivity contribution in [3.63, 3.8) is 0 Å². The van der Waals surface area contributed by atoms with Crippen LogP contribution in [0.5, 0.6) is 5.75 Å². The molecule has 0 unspecified atom stereocenters. The lowest BCUT2D eigenvalue weighted by atomic mass is 10.1. The largest absolute Gasteiger partial charge is 0.496 e. The van der Waals surface area contributed by atoms with Crippen LogP contribution in [0.4, 0.5) is 0 Å². The van der Waals surface area contributed by atoms with Gasteiger partial charge in [0.25, 0.3) is 5.91 Å². The molecule has 0 saturated heterocycles. The van der Waals surface area contributed by atoms with Crippen molar-refractivity contribution < 1.29 is 13.9 Å². The number of hydrogen-bond donors (Lipinski definition) is 1. The first-order valence-electron chi connectivity index (χ1n) is 5.83. The predicted molar refractivity (Wildman–Crippen MR) is 79.2 cm³/mol. The number of rotatable bonds is 4. The van der Waals surface area contributed by atoms with Gasteiger partial charge < -0.3 is 9.15 Å². The molecule has 2 rings (SSSR count). The first-order chi connectivity index (χ1) is 9.60. The standard InChI is InChI=1S/C14H13BrN2O3/c1-9-3-5-11(12(7-9)19-2)14(18)17-16-8-10-4-6-13(15)20-10/h3-8H,1-2H3,(H,17,18)/b16-8-. The van der Waals surface area contributed by atoms with Crippen LogP contribution in [0.25, 0.3) is 0 Å². The summed E-state index contributed by atoms with van der Waals surface area (Å²) in [7, 11) is 1.52. The monoisotopic (exact) mass is 336 g/mol. The first kappa shape index (κ1) is 14.3. The third-order valence-corrected chi connectivity index (χ3v) is 2.98. The van der Waals surface area contributed by atoms with Gasteiger partial charge in [0.2, 0.25) is 0 Å². The van der Waals surface area contributed by atoms with Crippen molar-refractivity contribution in [2.75, 3.05) is 7.11 Å². The minimum atomic E-state index is -0.344. The van der Waals surface area contributed by atoms with Gasteiger partial charge >= 0.3 is 0 Å². The van der Waals surface area contributed by atoms with Gasteiger partial charge in [0.1, 0.15) is 11.5 Å². The van der Waals surface area contributed by atoms with Crippen molar-refractivity contribution in [2.45, 2.75) is 6.92 Å². The quantitative estimate of drug-likeness (QED) is 0.689. The predicted octanol–water partition coefficient (Wildman–Crippen LogP) is 3.12. The molecule has 0 spiro atoms. The van der Waals surface area contributed by atoms with Crippen molar-refractivity contribution >= 4 is 28.1 Å². The smallest absolute Gasteiger partial charge is 0.275 e. The number of carbonyl (C=O) groups excluding carboxylic acids is 1. The van der Waals surface area contributed by atoms with Crippen molar-refractivity contribution in [2.24, 2.45) is 5.10 Å². The normalized spacial score (nSPS) is 10.8. The summed E-state index contributed by atoms with van der Waals surface area (Å²) in [4.78, 5) is 12.0. The molecule has 0 radical (unpaired) electrons. The zero-order chi connectivity index (χ0) is 14.5. The summed E-state index contributed by atoms with van der Waals surface area (Å²) in [5, 5.41) is 3.83. The number of hydrazone groups is 1. The van der Waals surface area contributed by atoms with Crippen molar-refractivity contribution in [1.29, 1.82) is 0 Å². The van der Waals surface area contributed by atoms with E-state index in [0.717, 1.165) is 5.56 Å². The summed E-state index contributed by atoms with van der Waals surface area (Å²) in [6.45, 7) is 1.93. The minimum Gasteiger partial charge on any atom is -0.496 e. The highest BCUT2D eigenvalue weighted by Gasteiger charge is 2.11. The Morgan fingerprint density at radius 2 is 2.20 bits per heavy atom. The van der Waals surface area contributed by atoms with E-state index >= 15 is 0 Å². The average molecular weight is 337 g/mol. The Kier molecular flexibility index (Phi) is 4.57. The first-order valence-corrected chi connectivity index (χ1v) is 6.63. The van der Waals surface area contributed by atoms with Crippen LogP contribution >= 0.6 is 15.9 Å². The van der Waals surface area contributed by atoms with Gasteiger partial charge in [-0.1, -0.05) is 6.07 Å². The van der Waals surface area contributed by atoms with Gasteiger partial charge in [-0.05, 0) is 52.7 Å². The zero-order valence-electron chi connectivity index (χ0n) is 11.0. The molecule has 5 nitrogen and oxygen atoms in total. The van der Waals surface area contributed by atoms with E-state index in [1.54, 1.807) is 24.3 Å². The van der Waals surface area contributed by atoms with E-state index in [4.69, 9.17) is 9.15 Å². The molecule has 20 heavy (non-hydrogen) atoms. The molecular formula is C14H13BrN2O3. The molecule has 1 amide bonds. The fourth-order valence-corrected chi connectivity index (χ4v) is 1.92. The molecule has 6 heteroatoms. The molecule has 0 saturated carbocycles. The number of furan rings is 1. The van der Waals surface area contributed by atoms with Gasteiger partial charge in [-0.3, -0.25) is 4.79 Å². The maximum Gasteiger partial charge on any atom is 0.275 e. The van der Waals surface area contributed by atoms with Crippen molar-refractivity contribution in [3.05, 3.63) is 51.9 Å². The summed E-state index contributed by atoms with van der Waals surface area (Å²) >= 11 is 3.18. The van der Waals surface area contributed by atoms with Crippen LogP contribution in [0.3, 0.4) is 0 Å². The second kappa shape index (κ2) is 6.38. The highest BCUT2D eigenvalue weighted by atomic mass is 79.9. The van der Waals surface area contributed by atoms with Gasteiger partial charge in [0.05, 0.1) is 18.9 Å². The molecule has 1 heterocycles. The number of aryl methyl sites for hydroxylation is 1. The molecule has 0 atom stereocenters. The lowest BCUT2D eigenvalue weighted by molar-refractivity contribution is 0.0952. The van der Waals surface area contributed by atoms with Gasteiger partial charge in [0.15, 0.2) is 4.67 Å². The second-order valence-corrected chi connectivity index (χ2v) is 4.83. The molecule has 0 aliphatic carbocycles. The van der Waals surface area contributed by atoms with Crippen LogP contribution in [-0.4, -0.2) is 19.2 Å². The number of halogens is 1. The van der Waals surface area contributed by atoms with Crippen LogP contribution in [-0.2, 0) is 0 Å². The minimum absolute atomic E-state index is 0.344. The Morgan fingerprint density at radius 1 is 1.40 bits per heavy atom. The summed E-state index contributed by atoms with van der Waals surface area (Å²) in [6.07, 6.45) is 1.42. The molecule has 0 aliphatic rings. The lowest BCUT2D eigenvalue weighted by Crippen LogP contribution is -2.18. The number of nitrogens with zero attached hydrogens (tertiary/aromatic N) is 1. The Hall–Kier alpha value is -2.08. The summed E-state index contributed by atoms with van der Waals surface area (Å²) in [5.74, 6) is 0.704. The van der Waals surface area contributed by atoms with E-state index in [1.165, 1.54) is 13.3 Å². The van der Waals surface area contributed by atoms with E-state index in [0.29, 0.717) is 21.7 Å². The third-order valence-electron chi connectivity index (χ3n) is 2.55. The summed E-state index contributed by atoms with van der Waals surface area (Å²) < 4.78 is 11.0. The van der Waals surface area contributed by atoms with Gasteiger partial charge in [-0.2, -0.15) is 5.10 Å². The number of methoxy groups -OCH3 is 1. The maximum atomic E-state index is 12.0. The van der Waals surface area contributed by atoms with Crippen LogP contribution in [0, 0.1) is 6.92 Å². The lowest BCUT2D eigenvalue weighted by Gasteiger charge is -2.07. The number of ether oxygens (including phenoxy) is 1. The SMILES string of the molecule is COc1cc(C)ccc1C(=O)N/N=C\c1ccc(Br)o1. The molecule has 0 fully saturated rings. The number of hydrogen-bond acceptors (Lipinski definition) is 4. The topological polar surface area (TPSA) is 63.8 Å². The number of amides is 1. The maximum absolute atomic E-state index is 12.0. The average Bonchev–Trinajstić information content (AvgIpc) is 2.84. The summed E-state index contributed by atoms with van der Waals surface area (Å²) in [5.41, 5.74) is 3.87. The highest BCUT2D eigenvalue weighted by Crippen LogP contribution is 2.19. The Balaban J connectivity index is 2.07. The number of carbonyl (C=O) groups is 1. The van der Waals surface area contributed by atoms with Crippen LogP contribution in [0.15, 0.2) is 44.5 Å². The third kappa shape index (κ3) is 3.48. The molecule has 1 aromatic heterocycles. The second-order valence-electron chi connectivity index (χ2n) is 4.04. The van der Waals surface area contributed by atoms with Crippen molar-refractivity contribution in [1.82, 2.24) is 5.43 Å². The van der Waals surface area contributed by atoms with E-state index < -0.39 is 0 Å². The Morgan fingerprint density at radius 3 is 2.85 bits per heavy atom. The van der Waals surface area contributed by atoms with Crippen LogP contribution < -0.4 is 10.2 Å². The summed E-state index contributed by atoms with van der Waals surface area (Å²) in [6, 6.07) is 8.80. The molecule has 2 aromatic rings. The highest BCUT2D eigenvalue weighted by molar-refractivity contribution is 9.10. The molecular weight excluding hydrogens is 324 g/mol. The van der Waals surface area contributed by atoms with E-state index in [2.05, 4.69) is 26.5 Å². The molecule has 104 valence electrons. The van der Waals surface area contributed by atoms with Gasteiger partial charge in [-0.25, -0.2) is 5.43 Å². The number of benzene rings is 1. The van der Waals surface area contributed by atoms with Crippen LogP contribution in [0.2, 0.25) is 0 Å². The number of nitrogens with one attached hydrogen (secondary N) is 1. The van der Waals surface area contributed by atoms with Gasteiger partial charge in [-0.15, -0.1) is 0 Å². The van der Waals surface area contributed by atoms with Crippen LogP contribution in [0.1, 0.15) is 21.7 Å². The fraction of sp³-hybridized carbons (Fsp3) is 0.143. The Labute approximate surface area is 124 Å². The van der Waals surface area contributed by atoms with E-state index in [1.807, 2.05) is 13.0 Å². The Bertz CT molecular complexity index is 650. The zero-order valence-corrected chi connectivity index (χ0v) is 12.6. The molecule has 0 bridgehead atoms. The fourth-order valence-electron chi connectivity index (χ4n) is 1.60. The molecule has 1 aromatic carbocycles. The van der Waals surface area contributed by atoms with E-state index in [9.17, 15) is 4.79 Å². The van der Waals surface area contributed by atoms with Gasteiger partial charge in [0, 0.05) is 0 Å². The van der Waals surface area contributed by atoms with E-state index in [-0.39, 0.29) is 5.91 Å². The molecule has 0 aliphatic heterocycles. The molecule has 1 N–H and O–H groups in total.